The molecule has 0 N–H and O–H groups in total. The van der Waals surface area contributed by atoms with Crippen LogP contribution in [0.1, 0.15) is 40.5 Å². The van der Waals surface area contributed by atoms with Gasteiger partial charge in [-0.05, 0) is 41.9 Å². The third kappa shape index (κ3) is 0.947. The van der Waals surface area contributed by atoms with Crippen molar-refractivity contribution in [2.75, 3.05) is 0 Å². The van der Waals surface area contributed by atoms with Gasteiger partial charge in [-0.25, -0.2) is 0 Å². The standard InChI is InChI=1S/C11H20/c1-7-5-9-10(6-8(7)2)11(9,3)4/h7-10H,5-6H2,1-4H3/t7-,8-,9-,10+/m1/s1. The van der Waals surface area contributed by atoms with E-state index in [2.05, 4.69) is 27.7 Å². The van der Waals surface area contributed by atoms with E-state index in [1.54, 1.807) is 0 Å². The van der Waals surface area contributed by atoms with Crippen molar-refractivity contribution in [1.82, 2.24) is 0 Å². The summed E-state index contributed by atoms with van der Waals surface area (Å²) in [7, 11) is 0. The van der Waals surface area contributed by atoms with Gasteiger partial charge in [-0.2, -0.15) is 0 Å². The Hall–Kier alpha value is 0. The highest BCUT2D eigenvalue weighted by molar-refractivity contribution is 5.08. The molecule has 0 aliphatic heterocycles. The summed E-state index contributed by atoms with van der Waals surface area (Å²) in [6.45, 7) is 9.75. The highest BCUT2D eigenvalue weighted by Crippen LogP contribution is 2.66. The van der Waals surface area contributed by atoms with E-state index in [1.807, 2.05) is 0 Å². The van der Waals surface area contributed by atoms with Crippen LogP contribution in [0.15, 0.2) is 0 Å². The van der Waals surface area contributed by atoms with Gasteiger partial charge in [-0.3, -0.25) is 0 Å². The molecule has 0 aromatic carbocycles. The molecule has 0 saturated heterocycles. The highest BCUT2D eigenvalue weighted by Gasteiger charge is 2.59. The van der Waals surface area contributed by atoms with Crippen molar-refractivity contribution in [3.05, 3.63) is 0 Å². The summed E-state index contributed by atoms with van der Waals surface area (Å²) in [4.78, 5) is 0. The molecule has 2 rings (SSSR count). The van der Waals surface area contributed by atoms with Crippen LogP contribution in [0.2, 0.25) is 0 Å². The second-order valence-electron chi connectivity index (χ2n) is 5.46. The minimum atomic E-state index is 0.707. The number of rotatable bonds is 0. The average Bonchev–Trinajstić information content (AvgIpc) is 2.39. The molecule has 2 saturated carbocycles. The molecule has 0 nitrogen and oxygen atoms in total. The van der Waals surface area contributed by atoms with Gasteiger partial charge in [0.05, 0.1) is 0 Å². The number of hydrogen-bond donors (Lipinski definition) is 0. The van der Waals surface area contributed by atoms with Crippen LogP contribution < -0.4 is 0 Å². The summed E-state index contributed by atoms with van der Waals surface area (Å²) in [5.74, 6) is 4.12. The molecule has 0 radical (unpaired) electrons. The maximum atomic E-state index is 2.45. The topological polar surface area (TPSA) is 0 Å². The largest absolute Gasteiger partial charge is 0.0622 e. The zero-order valence-electron chi connectivity index (χ0n) is 8.22. The first kappa shape index (κ1) is 7.64. The van der Waals surface area contributed by atoms with E-state index >= 15 is 0 Å². The first-order valence-corrected chi connectivity index (χ1v) is 5.03. The molecule has 0 unspecified atom stereocenters. The van der Waals surface area contributed by atoms with Gasteiger partial charge < -0.3 is 0 Å². The van der Waals surface area contributed by atoms with E-state index < -0.39 is 0 Å². The van der Waals surface area contributed by atoms with Crippen LogP contribution in [-0.2, 0) is 0 Å². The molecule has 0 bridgehead atoms. The Balaban J connectivity index is 2.07. The molecule has 0 aromatic rings. The van der Waals surface area contributed by atoms with Gasteiger partial charge in [0, 0.05) is 0 Å². The maximum Gasteiger partial charge on any atom is -0.0292 e. The van der Waals surface area contributed by atoms with Gasteiger partial charge in [0.15, 0.2) is 0 Å². The Morgan fingerprint density at radius 3 is 1.64 bits per heavy atom. The van der Waals surface area contributed by atoms with Crippen molar-refractivity contribution < 1.29 is 0 Å². The van der Waals surface area contributed by atoms with E-state index in [4.69, 9.17) is 0 Å². The van der Waals surface area contributed by atoms with Gasteiger partial charge >= 0.3 is 0 Å². The smallest absolute Gasteiger partial charge is 0.0292 e. The van der Waals surface area contributed by atoms with Crippen LogP contribution in [0, 0.1) is 29.1 Å². The molecule has 4 atom stereocenters. The Morgan fingerprint density at radius 2 is 1.27 bits per heavy atom. The quantitative estimate of drug-likeness (QED) is 0.499. The van der Waals surface area contributed by atoms with Gasteiger partial charge in [0.25, 0.3) is 0 Å². The Bertz CT molecular complexity index is 151. The molecular weight excluding hydrogens is 132 g/mol. The second-order valence-corrected chi connectivity index (χ2v) is 5.46. The minimum absolute atomic E-state index is 0.707. The van der Waals surface area contributed by atoms with Crippen LogP contribution >= 0.6 is 0 Å². The fraction of sp³-hybridized carbons (Fsp3) is 1.00. The zero-order valence-corrected chi connectivity index (χ0v) is 8.22. The monoisotopic (exact) mass is 152 g/mol. The third-order valence-electron chi connectivity index (χ3n) is 4.51. The summed E-state index contributed by atoms with van der Waals surface area (Å²) in [6, 6.07) is 0. The van der Waals surface area contributed by atoms with E-state index in [-0.39, 0.29) is 0 Å². The summed E-state index contributed by atoms with van der Waals surface area (Å²) >= 11 is 0. The third-order valence-corrected chi connectivity index (χ3v) is 4.51. The average molecular weight is 152 g/mol. The molecule has 2 aliphatic carbocycles. The Labute approximate surface area is 70.4 Å². The Morgan fingerprint density at radius 1 is 0.909 bits per heavy atom. The Kier molecular flexibility index (Phi) is 1.41. The van der Waals surface area contributed by atoms with Crippen LogP contribution in [0.25, 0.3) is 0 Å². The van der Waals surface area contributed by atoms with Gasteiger partial charge in [0.1, 0.15) is 0 Å². The van der Waals surface area contributed by atoms with Crippen molar-refractivity contribution in [3.63, 3.8) is 0 Å². The van der Waals surface area contributed by atoms with Crippen molar-refractivity contribution in [2.45, 2.75) is 40.5 Å². The van der Waals surface area contributed by atoms with Gasteiger partial charge in [-0.15, -0.1) is 0 Å². The van der Waals surface area contributed by atoms with Crippen LogP contribution in [-0.4, -0.2) is 0 Å². The van der Waals surface area contributed by atoms with E-state index in [9.17, 15) is 0 Å². The lowest BCUT2D eigenvalue weighted by molar-refractivity contribution is 0.265. The van der Waals surface area contributed by atoms with Crippen molar-refractivity contribution in [1.29, 1.82) is 0 Å². The molecule has 0 spiro atoms. The van der Waals surface area contributed by atoms with Gasteiger partial charge in [-0.1, -0.05) is 27.7 Å². The SMILES string of the molecule is C[C@@H]1C[C@@H]2[C@H](C[C@H]1C)C2(C)C. The predicted octanol–water partition coefficient (Wildman–Crippen LogP) is 3.32. The summed E-state index contributed by atoms with van der Waals surface area (Å²) in [5, 5.41) is 0. The fourth-order valence-electron chi connectivity index (χ4n) is 3.06. The summed E-state index contributed by atoms with van der Waals surface area (Å²) < 4.78 is 0. The molecule has 0 amide bonds. The van der Waals surface area contributed by atoms with Crippen LogP contribution in [0.5, 0.6) is 0 Å². The molecule has 0 aromatic heterocycles. The molecule has 2 aliphatic rings. The molecule has 64 valence electrons. The van der Waals surface area contributed by atoms with E-state index in [0.29, 0.717) is 5.41 Å². The predicted molar refractivity (Wildman–Crippen MR) is 48.3 cm³/mol. The fourth-order valence-corrected chi connectivity index (χ4v) is 3.06. The maximum absolute atomic E-state index is 2.45. The van der Waals surface area contributed by atoms with E-state index in [1.165, 1.54) is 12.8 Å². The van der Waals surface area contributed by atoms with Gasteiger partial charge in [0.2, 0.25) is 0 Å². The minimum Gasteiger partial charge on any atom is -0.0622 e. The van der Waals surface area contributed by atoms with E-state index in [0.717, 1.165) is 23.7 Å². The molecule has 0 heteroatoms. The highest BCUT2D eigenvalue weighted by atomic mass is 14.6. The van der Waals surface area contributed by atoms with Crippen LogP contribution in [0.4, 0.5) is 0 Å². The molecule has 0 heterocycles. The second kappa shape index (κ2) is 2.02. The zero-order chi connectivity index (χ0) is 8.22. The summed E-state index contributed by atoms with van der Waals surface area (Å²) in [6.07, 6.45) is 3.00. The number of hydrogen-bond acceptors (Lipinski definition) is 0. The van der Waals surface area contributed by atoms with Crippen molar-refractivity contribution in [3.8, 4) is 0 Å². The lowest BCUT2D eigenvalue weighted by Gasteiger charge is -2.24. The van der Waals surface area contributed by atoms with Crippen molar-refractivity contribution >= 4 is 0 Å². The molecular formula is C11H20. The normalized spacial score (nSPS) is 53.5. The van der Waals surface area contributed by atoms with Crippen LogP contribution in [0.3, 0.4) is 0 Å². The number of fused-ring (bicyclic) bond motifs is 1. The molecule has 2 fully saturated rings. The lowest BCUT2D eigenvalue weighted by Crippen LogP contribution is -2.14. The first-order valence-electron chi connectivity index (χ1n) is 5.03. The lowest BCUT2D eigenvalue weighted by atomic mass is 9.82. The molecule has 11 heavy (non-hydrogen) atoms. The first-order chi connectivity index (χ1) is 5.03. The van der Waals surface area contributed by atoms with Crippen molar-refractivity contribution in [2.24, 2.45) is 29.1 Å². The summed E-state index contributed by atoms with van der Waals surface area (Å²) in [5.41, 5.74) is 0.707.